The van der Waals surface area contributed by atoms with Crippen molar-refractivity contribution in [3.05, 3.63) is 48.9 Å². The largest absolute Gasteiger partial charge is 0.354 e. The number of rotatable bonds is 3. The van der Waals surface area contributed by atoms with Crippen molar-refractivity contribution < 1.29 is 4.79 Å². The molecule has 4 rings (SSSR count). The number of likely N-dealkylation sites (N-methyl/N-ethyl adjacent to an activating group) is 1. The lowest BCUT2D eigenvalue weighted by Crippen LogP contribution is -2.38. The van der Waals surface area contributed by atoms with Gasteiger partial charge < -0.3 is 20.1 Å². The molecule has 7 nitrogen and oxygen atoms in total. The Bertz CT molecular complexity index is 877. The van der Waals surface area contributed by atoms with Crippen LogP contribution in [0.2, 0.25) is 0 Å². The van der Waals surface area contributed by atoms with Crippen LogP contribution in [-0.4, -0.2) is 52.1 Å². The summed E-state index contributed by atoms with van der Waals surface area (Å²) in [7, 11) is 2.03. The molecule has 2 amide bonds. The second-order valence-electron chi connectivity index (χ2n) is 6.23. The molecule has 1 aliphatic heterocycles. The second-order valence-corrected chi connectivity index (χ2v) is 6.23. The first-order valence-corrected chi connectivity index (χ1v) is 8.34. The minimum atomic E-state index is -0.0587. The number of nitrogens with one attached hydrogen (secondary N) is 2. The van der Waals surface area contributed by atoms with Gasteiger partial charge in [0.1, 0.15) is 17.8 Å². The Morgan fingerprint density at radius 1 is 1.28 bits per heavy atom. The molecule has 0 unspecified atom stereocenters. The first-order chi connectivity index (χ1) is 12.2. The van der Waals surface area contributed by atoms with Crippen LogP contribution in [0, 0.1) is 0 Å². The number of urea groups is 1. The smallest absolute Gasteiger partial charge is 0.321 e. The maximum absolute atomic E-state index is 12.5. The highest BCUT2D eigenvalue weighted by molar-refractivity contribution is 5.90. The van der Waals surface area contributed by atoms with E-state index in [9.17, 15) is 4.79 Å². The summed E-state index contributed by atoms with van der Waals surface area (Å²) < 4.78 is 0. The van der Waals surface area contributed by atoms with E-state index in [0.717, 1.165) is 35.5 Å². The fourth-order valence-electron chi connectivity index (χ4n) is 3.28. The predicted molar refractivity (Wildman–Crippen MR) is 97.7 cm³/mol. The van der Waals surface area contributed by atoms with Crippen molar-refractivity contribution in [2.75, 3.05) is 30.4 Å². The van der Waals surface area contributed by atoms with E-state index in [1.54, 1.807) is 6.33 Å². The van der Waals surface area contributed by atoms with E-state index in [1.807, 2.05) is 54.5 Å². The molecule has 1 saturated heterocycles. The van der Waals surface area contributed by atoms with E-state index < -0.39 is 0 Å². The molecular weight excluding hydrogens is 316 g/mol. The molecule has 7 heteroatoms. The summed E-state index contributed by atoms with van der Waals surface area (Å²) in [5.41, 5.74) is 1.64. The highest BCUT2D eigenvalue weighted by Crippen LogP contribution is 2.26. The summed E-state index contributed by atoms with van der Waals surface area (Å²) in [5, 5.41) is 3.94. The number of carbonyl (C=O) groups excluding carboxylic acids is 1. The molecular formula is C18H20N6O. The van der Waals surface area contributed by atoms with Gasteiger partial charge >= 0.3 is 6.03 Å². The number of nitrogens with zero attached hydrogens (tertiary/aromatic N) is 4. The van der Waals surface area contributed by atoms with Crippen LogP contribution in [0.25, 0.3) is 11.0 Å². The number of carbonyl (C=O) groups is 1. The Labute approximate surface area is 145 Å². The molecule has 0 spiro atoms. The SMILES string of the molecule is CN(c1ncnc2[nH]ccc12)[C@@H]1CCN(C(=O)Nc2ccccc2)C1. The van der Waals surface area contributed by atoms with E-state index >= 15 is 0 Å². The number of aromatic amines is 1. The molecule has 1 aliphatic rings. The minimum absolute atomic E-state index is 0.0587. The van der Waals surface area contributed by atoms with Crippen molar-refractivity contribution in [2.45, 2.75) is 12.5 Å². The summed E-state index contributed by atoms with van der Waals surface area (Å²) in [6.45, 7) is 1.40. The zero-order chi connectivity index (χ0) is 17.2. The Balaban J connectivity index is 1.45. The van der Waals surface area contributed by atoms with Gasteiger partial charge in [0, 0.05) is 38.1 Å². The molecule has 0 aliphatic carbocycles. The molecule has 128 valence electrons. The molecule has 25 heavy (non-hydrogen) atoms. The highest BCUT2D eigenvalue weighted by Gasteiger charge is 2.30. The number of likely N-dealkylation sites (tertiary alicyclic amines) is 1. The summed E-state index contributed by atoms with van der Waals surface area (Å²) in [5.74, 6) is 0.890. The molecule has 1 atom stereocenters. The van der Waals surface area contributed by atoms with Crippen LogP contribution in [0.4, 0.5) is 16.3 Å². The number of aromatic nitrogens is 3. The topological polar surface area (TPSA) is 77.2 Å². The van der Waals surface area contributed by atoms with Crippen LogP contribution in [0.3, 0.4) is 0 Å². The third-order valence-electron chi connectivity index (χ3n) is 4.69. The molecule has 3 aromatic rings. The number of H-pyrrole nitrogens is 1. The van der Waals surface area contributed by atoms with Crippen molar-refractivity contribution in [1.29, 1.82) is 0 Å². The van der Waals surface area contributed by atoms with Crippen LogP contribution in [0.15, 0.2) is 48.9 Å². The van der Waals surface area contributed by atoms with Gasteiger partial charge in [0.05, 0.1) is 5.39 Å². The number of para-hydroxylation sites is 1. The van der Waals surface area contributed by atoms with Crippen LogP contribution in [0.5, 0.6) is 0 Å². The lowest BCUT2D eigenvalue weighted by Gasteiger charge is -2.26. The number of amides is 2. The Kier molecular flexibility index (Phi) is 3.97. The van der Waals surface area contributed by atoms with Crippen LogP contribution in [0.1, 0.15) is 6.42 Å². The van der Waals surface area contributed by atoms with E-state index in [1.165, 1.54) is 0 Å². The lowest BCUT2D eigenvalue weighted by atomic mass is 10.2. The minimum Gasteiger partial charge on any atom is -0.354 e. The average Bonchev–Trinajstić information content (AvgIpc) is 3.31. The fourth-order valence-corrected chi connectivity index (χ4v) is 3.28. The highest BCUT2D eigenvalue weighted by atomic mass is 16.2. The standard InChI is InChI=1S/C18H20N6O/c1-23(17-15-7-9-19-16(15)20-12-21-17)14-8-10-24(11-14)18(25)22-13-5-3-2-4-6-13/h2-7,9,12,14H,8,10-11H2,1H3,(H,22,25)(H,19,20,21)/t14-/m1/s1. The van der Waals surface area contributed by atoms with Gasteiger partial charge in [0.2, 0.25) is 0 Å². The summed E-state index contributed by atoms with van der Waals surface area (Å²) in [6, 6.07) is 11.7. The Morgan fingerprint density at radius 3 is 2.96 bits per heavy atom. The van der Waals surface area contributed by atoms with E-state index in [0.29, 0.717) is 6.54 Å². The number of fused-ring (bicyclic) bond motifs is 1. The third-order valence-corrected chi connectivity index (χ3v) is 4.69. The van der Waals surface area contributed by atoms with Crippen molar-refractivity contribution in [3.63, 3.8) is 0 Å². The van der Waals surface area contributed by atoms with Gasteiger partial charge in [0.25, 0.3) is 0 Å². The first kappa shape index (κ1) is 15.4. The molecule has 0 radical (unpaired) electrons. The molecule has 0 saturated carbocycles. The second kappa shape index (κ2) is 6.43. The zero-order valence-electron chi connectivity index (χ0n) is 14.0. The van der Waals surface area contributed by atoms with Gasteiger partial charge in [-0.3, -0.25) is 0 Å². The van der Waals surface area contributed by atoms with Gasteiger partial charge in [0.15, 0.2) is 0 Å². The van der Waals surface area contributed by atoms with Crippen LogP contribution < -0.4 is 10.2 Å². The summed E-state index contributed by atoms with van der Waals surface area (Å²) in [6.07, 6.45) is 4.35. The van der Waals surface area contributed by atoms with Gasteiger partial charge in [-0.05, 0) is 24.6 Å². The van der Waals surface area contributed by atoms with Crippen LogP contribution >= 0.6 is 0 Å². The predicted octanol–water partition coefficient (Wildman–Crippen LogP) is 2.70. The maximum atomic E-state index is 12.5. The number of hydrogen-bond donors (Lipinski definition) is 2. The molecule has 1 fully saturated rings. The third kappa shape index (κ3) is 3.00. The molecule has 1 aromatic carbocycles. The van der Waals surface area contributed by atoms with Crippen LogP contribution in [-0.2, 0) is 0 Å². The number of benzene rings is 1. The molecule has 0 bridgehead atoms. The normalized spacial score (nSPS) is 17.0. The first-order valence-electron chi connectivity index (χ1n) is 8.34. The number of hydrogen-bond acceptors (Lipinski definition) is 4. The van der Waals surface area contributed by atoms with Crippen molar-refractivity contribution in [2.24, 2.45) is 0 Å². The van der Waals surface area contributed by atoms with Gasteiger partial charge in [-0.1, -0.05) is 18.2 Å². The van der Waals surface area contributed by atoms with E-state index in [4.69, 9.17) is 0 Å². The monoisotopic (exact) mass is 336 g/mol. The van der Waals surface area contributed by atoms with Crippen molar-refractivity contribution in [1.82, 2.24) is 19.9 Å². The average molecular weight is 336 g/mol. The Hall–Kier alpha value is -3.09. The number of anilines is 2. The summed E-state index contributed by atoms with van der Waals surface area (Å²) >= 11 is 0. The van der Waals surface area contributed by atoms with Crippen molar-refractivity contribution in [3.8, 4) is 0 Å². The molecule has 2 N–H and O–H groups in total. The van der Waals surface area contributed by atoms with Gasteiger partial charge in [-0.15, -0.1) is 0 Å². The maximum Gasteiger partial charge on any atom is 0.321 e. The molecule has 2 aromatic heterocycles. The fraction of sp³-hybridized carbons (Fsp3) is 0.278. The Morgan fingerprint density at radius 2 is 2.12 bits per heavy atom. The van der Waals surface area contributed by atoms with Gasteiger partial charge in [-0.25, -0.2) is 14.8 Å². The van der Waals surface area contributed by atoms with E-state index in [-0.39, 0.29) is 12.1 Å². The molecule has 3 heterocycles. The quantitative estimate of drug-likeness (QED) is 0.771. The van der Waals surface area contributed by atoms with E-state index in [2.05, 4.69) is 25.2 Å². The van der Waals surface area contributed by atoms with Crippen molar-refractivity contribution >= 4 is 28.6 Å². The zero-order valence-corrected chi connectivity index (χ0v) is 14.0. The van der Waals surface area contributed by atoms with Gasteiger partial charge in [-0.2, -0.15) is 0 Å². The lowest BCUT2D eigenvalue weighted by molar-refractivity contribution is 0.222. The summed E-state index contributed by atoms with van der Waals surface area (Å²) in [4.78, 5) is 28.2.